The van der Waals surface area contributed by atoms with E-state index in [2.05, 4.69) is 13.8 Å². The van der Waals surface area contributed by atoms with Crippen LogP contribution >= 0.6 is 0 Å². The van der Waals surface area contributed by atoms with Crippen LogP contribution in [-0.4, -0.2) is 56.4 Å². The van der Waals surface area contributed by atoms with Crippen molar-refractivity contribution in [1.29, 1.82) is 0 Å². The van der Waals surface area contributed by atoms with Crippen LogP contribution in [0.3, 0.4) is 0 Å². The van der Waals surface area contributed by atoms with Crippen LogP contribution in [0.4, 0.5) is 0 Å². The fourth-order valence-corrected chi connectivity index (χ4v) is 9.11. The third-order valence-electron chi connectivity index (χ3n) is 10.7. The highest BCUT2D eigenvalue weighted by atomic mass is 16.6. The molecule has 194 valence electrons. The van der Waals surface area contributed by atoms with Gasteiger partial charge in [-0.25, -0.2) is 0 Å². The summed E-state index contributed by atoms with van der Waals surface area (Å²) in [6.45, 7) is 8.00. The predicted octanol–water partition coefficient (Wildman–Crippen LogP) is 3.59. The molecule has 5 aliphatic rings. The quantitative estimate of drug-likeness (QED) is 0.459. The fourth-order valence-electron chi connectivity index (χ4n) is 9.11. The predicted molar refractivity (Wildman–Crippen MR) is 126 cm³/mol. The minimum absolute atomic E-state index is 0.000197. The van der Waals surface area contributed by atoms with E-state index >= 15 is 0 Å². The van der Waals surface area contributed by atoms with E-state index in [0.29, 0.717) is 0 Å². The van der Waals surface area contributed by atoms with Crippen molar-refractivity contribution in [3.8, 4) is 0 Å². The van der Waals surface area contributed by atoms with Crippen molar-refractivity contribution in [2.75, 3.05) is 14.2 Å². The average molecular weight is 499 g/mol. The van der Waals surface area contributed by atoms with E-state index in [9.17, 15) is 14.4 Å². The lowest BCUT2D eigenvalue weighted by atomic mass is 9.40. The third kappa shape index (κ3) is 2.59. The number of carbonyl (C=O) groups is 3. The number of allylic oxidation sites excluding steroid dienone is 1. The number of Topliss-reactive ketones (excluding diaryl/α,β-unsaturated/α-hetero) is 1. The van der Waals surface area contributed by atoms with Crippen molar-refractivity contribution in [3.63, 3.8) is 0 Å². The maximum Gasteiger partial charge on any atom is 0.315 e. The van der Waals surface area contributed by atoms with E-state index in [0.717, 1.165) is 17.6 Å². The first-order valence-corrected chi connectivity index (χ1v) is 12.8. The monoisotopic (exact) mass is 498 g/mol. The molecule has 2 saturated carbocycles. The Morgan fingerprint density at radius 2 is 1.89 bits per heavy atom. The minimum atomic E-state index is -1.01. The molecule has 0 spiro atoms. The molecule has 0 amide bonds. The summed E-state index contributed by atoms with van der Waals surface area (Å²) in [7, 11) is 2.90. The molecule has 4 fully saturated rings. The third-order valence-corrected chi connectivity index (χ3v) is 10.7. The van der Waals surface area contributed by atoms with Crippen LogP contribution in [0.1, 0.15) is 58.4 Å². The zero-order valence-electron chi connectivity index (χ0n) is 21.7. The van der Waals surface area contributed by atoms with E-state index in [4.69, 9.17) is 23.4 Å². The molecule has 0 N–H and O–H groups in total. The summed E-state index contributed by atoms with van der Waals surface area (Å²) in [5.41, 5.74) is 0.672. The number of carbonyl (C=O) groups excluding carboxylic acids is 3. The van der Waals surface area contributed by atoms with Crippen LogP contribution in [0.2, 0.25) is 0 Å². The molecule has 10 atom stereocenters. The number of ketones is 1. The second kappa shape index (κ2) is 7.54. The van der Waals surface area contributed by atoms with Gasteiger partial charge in [0.05, 0.1) is 43.7 Å². The summed E-state index contributed by atoms with van der Waals surface area (Å²) in [5, 5.41) is 0. The molecule has 8 heteroatoms. The Morgan fingerprint density at radius 1 is 1.14 bits per heavy atom. The van der Waals surface area contributed by atoms with Crippen LogP contribution < -0.4 is 0 Å². The molecular weight excluding hydrogens is 464 g/mol. The Balaban J connectivity index is 1.57. The zero-order valence-corrected chi connectivity index (χ0v) is 21.7. The smallest absolute Gasteiger partial charge is 0.315 e. The van der Waals surface area contributed by atoms with Crippen LogP contribution in [-0.2, 0) is 33.3 Å². The summed E-state index contributed by atoms with van der Waals surface area (Å²) < 4.78 is 29.1. The van der Waals surface area contributed by atoms with Gasteiger partial charge in [-0.3, -0.25) is 14.4 Å². The van der Waals surface area contributed by atoms with Crippen molar-refractivity contribution in [3.05, 3.63) is 35.3 Å². The highest BCUT2D eigenvalue weighted by Gasteiger charge is 2.80. The number of methoxy groups -OCH3 is 2. The summed E-state index contributed by atoms with van der Waals surface area (Å²) >= 11 is 0. The van der Waals surface area contributed by atoms with Gasteiger partial charge in [-0.2, -0.15) is 0 Å². The summed E-state index contributed by atoms with van der Waals surface area (Å²) in [5.74, 6) is -1.50. The Kier molecular flexibility index (Phi) is 5.01. The second-order valence-corrected chi connectivity index (χ2v) is 11.9. The van der Waals surface area contributed by atoms with E-state index in [1.165, 1.54) is 19.8 Å². The van der Waals surface area contributed by atoms with Crippen molar-refractivity contribution >= 4 is 17.7 Å². The van der Waals surface area contributed by atoms with Crippen LogP contribution in [0, 0.1) is 28.1 Å². The number of esters is 2. The number of fused-ring (bicyclic) bond motifs is 4. The van der Waals surface area contributed by atoms with Gasteiger partial charge < -0.3 is 23.4 Å². The topological polar surface area (TPSA) is 101 Å². The van der Waals surface area contributed by atoms with Crippen molar-refractivity contribution < 1.29 is 37.7 Å². The molecule has 2 saturated heterocycles. The summed E-state index contributed by atoms with van der Waals surface area (Å²) in [6, 6.07) is 1.97. The van der Waals surface area contributed by atoms with E-state index < -0.39 is 46.4 Å². The lowest BCUT2D eigenvalue weighted by molar-refractivity contribution is -0.207. The molecule has 3 aliphatic carbocycles. The standard InChI is InChI=1S/C28H34O8/c1-13-15(14-7-8-34-12-14)9-16-21(13)27(3)17(10-20(30)33-6)26(2)18(29)11-19(32-5)28(4)23(26)22(24(27)35-16)36-25(28)31/h7-8,12,15-17,19,22-24H,9-11H2,1-6H3/t15-,16-,17-,19-,22-,23-,24-,26+,27-,28-/m1/s1. The molecule has 1 aromatic rings. The van der Waals surface area contributed by atoms with Gasteiger partial charge in [-0.05, 0) is 43.4 Å². The zero-order chi connectivity index (χ0) is 25.8. The lowest BCUT2D eigenvalue weighted by Gasteiger charge is -2.61. The number of ether oxygens (including phenoxy) is 4. The van der Waals surface area contributed by atoms with Gasteiger partial charge >= 0.3 is 11.9 Å². The average Bonchev–Trinajstić information content (AvgIpc) is 3.59. The summed E-state index contributed by atoms with van der Waals surface area (Å²) in [4.78, 5) is 40.4. The number of rotatable bonds is 4. The number of hydrogen-bond donors (Lipinski definition) is 0. The second-order valence-electron chi connectivity index (χ2n) is 11.9. The Labute approximate surface area is 210 Å². The van der Waals surface area contributed by atoms with Gasteiger partial charge in [0.1, 0.15) is 18.0 Å². The summed E-state index contributed by atoms with van der Waals surface area (Å²) in [6.07, 6.45) is 2.47. The molecular formula is C28H34O8. The SMILES string of the molecule is COC(=O)C[C@H]1[C@]2(C)C3=C(C)[C@H](c4ccoc4)C[C@H]3O[C@@H]2[C@@H]2OC(=O)[C@@]3(C)[C@H]2[C@]1(C)C(=O)C[C@H]3OC. The van der Waals surface area contributed by atoms with Gasteiger partial charge in [-0.15, -0.1) is 0 Å². The lowest BCUT2D eigenvalue weighted by Crippen LogP contribution is -2.69. The van der Waals surface area contributed by atoms with Gasteiger partial charge in [0.15, 0.2) is 0 Å². The Hall–Kier alpha value is -2.45. The maximum atomic E-state index is 14.1. The molecule has 3 heterocycles. The molecule has 0 unspecified atom stereocenters. The Bertz CT molecular complexity index is 1170. The number of hydrogen-bond acceptors (Lipinski definition) is 8. The number of furan rings is 1. The largest absolute Gasteiger partial charge is 0.472 e. The van der Waals surface area contributed by atoms with Gasteiger partial charge in [0.25, 0.3) is 0 Å². The van der Waals surface area contributed by atoms with Crippen molar-refractivity contribution in [1.82, 2.24) is 0 Å². The van der Waals surface area contributed by atoms with Crippen LogP contribution in [0.15, 0.2) is 34.2 Å². The molecule has 8 nitrogen and oxygen atoms in total. The molecule has 2 aliphatic heterocycles. The highest BCUT2D eigenvalue weighted by Crippen LogP contribution is 2.73. The van der Waals surface area contributed by atoms with Crippen molar-refractivity contribution in [2.24, 2.45) is 28.1 Å². The molecule has 6 rings (SSSR count). The molecule has 0 radical (unpaired) electrons. The normalized spacial score (nSPS) is 46.9. The maximum absolute atomic E-state index is 14.1. The first kappa shape index (κ1) is 23.9. The van der Waals surface area contributed by atoms with Crippen molar-refractivity contribution in [2.45, 2.75) is 77.3 Å². The minimum Gasteiger partial charge on any atom is -0.472 e. The van der Waals surface area contributed by atoms with Crippen LogP contribution in [0.25, 0.3) is 0 Å². The molecule has 0 bridgehead atoms. The molecule has 36 heavy (non-hydrogen) atoms. The van der Waals surface area contributed by atoms with E-state index in [-0.39, 0.29) is 42.6 Å². The first-order valence-electron chi connectivity index (χ1n) is 12.8. The molecule has 1 aromatic heterocycles. The van der Waals surface area contributed by atoms with Crippen LogP contribution in [0.5, 0.6) is 0 Å². The molecule has 0 aromatic carbocycles. The highest BCUT2D eigenvalue weighted by molar-refractivity contribution is 5.93. The van der Waals surface area contributed by atoms with E-state index in [1.807, 2.05) is 19.9 Å². The van der Waals surface area contributed by atoms with E-state index in [1.54, 1.807) is 12.5 Å². The fraction of sp³-hybridized carbons (Fsp3) is 0.679. The Morgan fingerprint density at radius 3 is 2.53 bits per heavy atom. The van der Waals surface area contributed by atoms with Gasteiger partial charge in [-0.1, -0.05) is 19.4 Å². The van der Waals surface area contributed by atoms with Gasteiger partial charge in [0, 0.05) is 36.2 Å². The van der Waals surface area contributed by atoms with Gasteiger partial charge in [0.2, 0.25) is 0 Å². The first-order chi connectivity index (χ1) is 17.0.